The lowest BCUT2D eigenvalue weighted by atomic mass is 10.1. The van der Waals surface area contributed by atoms with E-state index in [0.29, 0.717) is 23.7 Å². The Morgan fingerprint density at radius 2 is 1.75 bits per heavy atom. The van der Waals surface area contributed by atoms with Crippen LogP contribution < -0.4 is 14.8 Å². The Morgan fingerprint density at radius 3 is 2.56 bits per heavy atom. The van der Waals surface area contributed by atoms with Gasteiger partial charge in [-0.1, -0.05) is 36.2 Å². The lowest BCUT2D eigenvalue weighted by Gasteiger charge is -2.11. The number of fused-ring (bicyclic) bond motifs is 1. The van der Waals surface area contributed by atoms with Gasteiger partial charge in [-0.3, -0.25) is 4.79 Å². The first-order valence-electron chi connectivity index (χ1n) is 12.4. The van der Waals surface area contributed by atoms with Gasteiger partial charge in [0, 0.05) is 30.1 Å². The molecule has 7 heteroatoms. The van der Waals surface area contributed by atoms with Gasteiger partial charge in [-0.2, -0.15) is 0 Å². The van der Waals surface area contributed by atoms with E-state index in [1.165, 1.54) is 0 Å². The van der Waals surface area contributed by atoms with Crippen LogP contribution in [0.5, 0.6) is 11.5 Å². The van der Waals surface area contributed by atoms with Crippen LogP contribution in [-0.2, 0) is 13.0 Å². The number of nitrogens with one attached hydrogen (secondary N) is 1. The van der Waals surface area contributed by atoms with E-state index in [9.17, 15) is 4.79 Å². The zero-order valence-electron chi connectivity index (χ0n) is 20.6. The van der Waals surface area contributed by atoms with Crippen molar-refractivity contribution < 1.29 is 14.3 Å². The van der Waals surface area contributed by atoms with Crippen LogP contribution in [0.15, 0.2) is 72.8 Å². The molecule has 1 amide bonds. The largest absolute Gasteiger partial charge is 0.497 e. The van der Waals surface area contributed by atoms with Gasteiger partial charge in [0.15, 0.2) is 0 Å². The molecule has 1 aromatic heterocycles. The molecule has 0 aliphatic carbocycles. The van der Waals surface area contributed by atoms with E-state index in [1.807, 2.05) is 30.3 Å². The van der Waals surface area contributed by atoms with Gasteiger partial charge >= 0.3 is 0 Å². The molecule has 0 atom stereocenters. The highest BCUT2D eigenvalue weighted by Gasteiger charge is 2.10. The molecule has 0 spiro atoms. The fourth-order valence-corrected chi connectivity index (χ4v) is 4.36. The Kier molecular flexibility index (Phi) is 9.22. The van der Waals surface area contributed by atoms with Crippen LogP contribution in [0.25, 0.3) is 11.0 Å². The van der Waals surface area contributed by atoms with Crippen LogP contribution in [0.2, 0.25) is 5.02 Å². The van der Waals surface area contributed by atoms with E-state index < -0.39 is 0 Å². The molecule has 4 rings (SSSR count). The summed E-state index contributed by atoms with van der Waals surface area (Å²) in [5.74, 6) is 2.68. The maximum Gasteiger partial charge on any atom is 0.251 e. The molecule has 6 nitrogen and oxygen atoms in total. The second kappa shape index (κ2) is 13.0. The van der Waals surface area contributed by atoms with Crippen LogP contribution in [0.3, 0.4) is 0 Å². The molecule has 0 saturated carbocycles. The zero-order valence-corrected chi connectivity index (χ0v) is 21.3. The Labute approximate surface area is 217 Å². The highest BCUT2D eigenvalue weighted by molar-refractivity contribution is 6.30. The van der Waals surface area contributed by atoms with Crippen LogP contribution in [0.1, 0.15) is 41.9 Å². The van der Waals surface area contributed by atoms with Gasteiger partial charge in [0.25, 0.3) is 5.91 Å². The summed E-state index contributed by atoms with van der Waals surface area (Å²) in [5, 5.41) is 3.54. The third-order valence-electron chi connectivity index (χ3n) is 6.04. The maximum atomic E-state index is 12.2. The number of aromatic nitrogens is 2. The van der Waals surface area contributed by atoms with Gasteiger partial charge in [0.05, 0.1) is 24.8 Å². The Morgan fingerprint density at radius 1 is 0.944 bits per heavy atom. The number of ether oxygens (including phenoxy) is 2. The number of unbranched alkanes of at least 4 members (excludes halogenated alkanes) is 2. The lowest BCUT2D eigenvalue weighted by Crippen LogP contribution is -2.24. The number of rotatable bonds is 13. The molecule has 1 heterocycles. The lowest BCUT2D eigenvalue weighted by molar-refractivity contribution is 0.0953. The Bertz CT molecular complexity index is 1270. The van der Waals surface area contributed by atoms with Gasteiger partial charge in [-0.15, -0.1) is 0 Å². The summed E-state index contributed by atoms with van der Waals surface area (Å²) in [6, 6.07) is 22.9. The molecule has 0 radical (unpaired) electrons. The summed E-state index contributed by atoms with van der Waals surface area (Å²) in [7, 11) is 1.66. The smallest absolute Gasteiger partial charge is 0.251 e. The molecular weight excluding hydrogens is 474 g/mol. The third kappa shape index (κ3) is 7.01. The Hall–Kier alpha value is -3.51. The summed E-state index contributed by atoms with van der Waals surface area (Å²) >= 11 is 5.97. The standard InChI is InChI=1S/C29H32ClN3O3/c1-35-24-14-16-25(17-15-24)36-20-8-19-33-27-12-5-4-11-26(27)32-28(33)13-3-2-6-18-31-29(34)22-9-7-10-23(30)21-22/h4-5,7,9-12,14-17,21H,2-3,6,8,13,18-20H2,1H3,(H,31,34). The van der Waals surface area contributed by atoms with Crippen LogP contribution in [0, 0.1) is 0 Å². The summed E-state index contributed by atoms with van der Waals surface area (Å²) in [6.07, 6.45) is 4.73. The normalized spacial score (nSPS) is 10.9. The predicted molar refractivity (Wildman–Crippen MR) is 144 cm³/mol. The highest BCUT2D eigenvalue weighted by atomic mass is 35.5. The number of amides is 1. The molecule has 0 bridgehead atoms. The number of para-hydroxylation sites is 2. The van der Waals surface area contributed by atoms with E-state index in [4.69, 9.17) is 26.1 Å². The van der Waals surface area contributed by atoms with Crippen LogP contribution in [-0.4, -0.2) is 35.7 Å². The Balaban J connectivity index is 1.24. The van der Waals surface area contributed by atoms with Gasteiger partial charge in [-0.25, -0.2) is 4.98 Å². The molecule has 1 N–H and O–H groups in total. The second-order valence-electron chi connectivity index (χ2n) is 8.62. The van der Waals surface area contributed by atoms with Crippen molar-refractivity contribution in [2.24, 2.45) is 0 Å². The van der Waals surface area contributed by atoms with E-state index in [1.54, 1.807) is 31.4 Å². The number of carbonyl (C=O) groups is 1. The fourth-order valence-electron chi connectivity index (χ4n) is 4.17. The van der Waals surface area contributed by atoms with E-state index >= 15 is 0 Å². The number of carbonyl (C=O) groups excluding carboxylic acids is 1. The first kappa shape index (κ1) is 25.6. The van der Waals surface area contributed by atoms with Crippen molar-refractivity contribution >= 4 is 28.5 Å². The van der Waals surface area contributed by atoms with Gasteiger partial charge in [-0.05, 0) is 73.9 Å². The molecule has 36 heavy (non-hydrogen) atoms. The molecule has 0 unspecified atom stereocenters. The van der Waals surface area contributed by atoms with Gasteiger partial charge in [0.2, 0.25) is 0 Å². The minimum absolute atomic E-state index is 0.0869. The number of hydrogen-bond acceptors (Lipinski definition) is 4. The summed E-state index contributed by atoms with van der Waals surface area (Å²) < 4.78 is 13.4. The van der Waals surface area contributed by atoms with Crippen molar-refractivity contribution in [3.63, 3.8) is 0 Å². The average molecular weight is 506 g/mol. The van der Waals surface area contributed by atoms with Crippen molar-refractivity contribution in [2.75, 3.05) is 20.3 Å². The molecule has 3 aromatic carbocycles. The molecule has 0 saturated heterocycles. The van der Waals surface area contributed by atoms with Crippen LogP contribution in [0.4, 0.5) is 0 Å². The predicted octanol–water partition coefficient (Wildman–Crippen LogP) is 6.31. The van der Waals surface area contributed by atoms with Crippen LogP contribution >= 0.6 is 11.6 Å². The fraction of sp³-hybridized carbons (Fsp3) is 0.310. The number of methoxy groups -OCH3 is 1. The number of hydrogen-bond donors (Lipinski definition) is 1. The number of benzene rings is 3. The summed E-state index contributed by atoms with van der Waals surface area (Å²) in [4.78, 5) is 17.1. The van der Waals surface area contributed by atoms with E-state index in [0.717, 1.165) is 67.0 Å². The monoisotopic (exact) mass is 505 g/mol. The average Bonchev–Trinajstić information content (AvgIpc) is 3.26. The number of halogens is 1. The maximum absolute atomic E-state index is 12.2. The quantitative estimate of drug-likeness (QED) is 0.216. The summed E-state index contributed by atoms with van der Waals surface area (Å²) in [5.41, 5.74) is 2.77. The van der Waals surface area contributed by atoms with Crippen molar-refractivity contribution in [3.05, 3.63) is 89.2 Å². The molecular formula is C29H32ClN3O3. The highest BCUT2D eigenvalue weighted by Crippen LogP contribution is 2.20. The van der Waals surface area contributed by atoms with Crippen molar-refractivity contribution in [2.45, 2.75) is 38.6 Å². The molecule has 188 valence electrons. The second-order valence-corrected chi connectivity index (χ2v) is 9.06. The topological polar surface area (TPSA) is 65.4 Å². The number of nitrogens with zero attached hydrogens (tertiary/aromatic N) is 2. The first-order chi connectivity index (χ1) is 17.6. The minimum Gasteiger partial charge on any atom is -0.497 e. The molecule has 0 aliphatic rings. The molecule has 0 aliphatic heterocycles. The SMILES string of the molecule is COc1ccc(OCCCn2c(CCCCCNC(=O)c3cccc(Cl)c3)nc3ccccc32)cc1. The van der Waals surface area contributed by atoms with E-state index in [-0.39, 0.29) is 5.91 Å². The van der Waals surface area contributed by atoms with Crippen molar-refractivity contribution in [1.82, 2.24) is 14.9 Å². The van der Waals surface area contributed by atoms with Crippen molar-refractivity contribution in [1.29, 1.82) is 0 Å². The van der Waals surface area contributed by atoms with Gasteiger partial charge in [0.1, 0.15) is 17.3 Å². The van der Waals surface area contributed by atoms with Crippen molar-refractivity contribution in [3.8, 4) is 11.5 Å². The summed E-state index contributed by atoms with van der Waals surface area (Å²) in [6.45, 7) is 2.12. The molecule has 4 aromatic rings. The number of aryl methyl sites for hydroxylation is 2. The minimum atomic E-state index is -0.0869. The van der Waals surface area contributed by atoms with Gasteiger partial charge < -0.3 is 19.4 Å². The first-order valence-corrected chi connectivity index (χ1v) is 12.8. The van der Waals surface area contributed by atoms with E-state index in [2.05, 4.69) is 28.1 Å². The third-order valence-corrected chi connectivity index (χ3v) is 6.27. The molecule has 0 fully saturated rings. The zero-order chi connectivity index (χ0) is 25.2. The number of imidazole rings is 1.